The van der Waals surface area contributed by atoms with Gasteiger partial charge in [0.1, 0.15) is 0 Å². The maximum absolute atomic E-state index is 2.32. The molecule has 0 amide bonds. The number of aromatic nitrogens is 1. The maximum atomic E-state index is 2.32. The first-order chi connectivity index (χ1) is 12.4. The Labute approximate surface area is 155 Å². The molecule has 0 radical (unpaired) electrons. The summed E-state index contributed by atoms with van der Waals surface area (Å²) in [5.74, 6) is 0. The lowest BCUT2D eigenvalue weighted by Crippen LogP contribution is -2.33. The fourth-order valence-electron chi connectivity index (χ4n) is 3.43. The molecular weight excluding hydrogens is 302 g/mol. The van der Waals surface area contributed by atoms with Crippen molar-refractivity contribution >= 4 is 0 Å². The van der Waals surface area contributed by atoms with Gasteiger partial charge in [-0.1, -0.05) is 95.0 Å². The van der Waals surface area contributed by atoms with Gasteiger partial charge in [-0.25, -0.2) is 4.57 Å². The van der Waals surface area contributed by atoms with Gasteiger partial charge in [-0.3, -0.25) is 0 Å². The predicted octanol–water partition coefficient (Wildman–Crippen LogP) is 6.49. The maximum Gasteiger partial charge on any atom is 0.173 e. The molecule has 1 nitrogen and oxygen atoms in total. The van der Waals surface area contributed by atoms with Gasteiger partial charge in [-0.2, -0.15) is 0 Å². The second-order valence-electron chi connectivity index (χ2n) is 7.30. The molecule has 136 valence electrons. The summed E-state index contributed by atoms with van der Waals surface area (Å²) in [6.07, 6.45) is 19.8. The zero-order chi connectivity index (χ0) is 17.6. The van der Waals surface area contributed by atoms with Crippen LogP contribution < -0.4 is 4.57 Å². The van der Waals surface area contributed by atoms with Crippen LogP contribution in [-0.4, -0.2) is 0 Å². The standard InChI is InChI=1S/C24H36N/c1-2-3-4-5-6-7-8-9-10-12-16-24-19-15-20-25(22-24)21-23-17-13-11-14-18-23/h11,13-15,17-20,22H,2-10,12,16,21H2,1H3/q+1. The molecule has 2 aromatic rings. The summed E-state index contributed by atoms with van der Waals surface area (Å²) in [6.45, 7) is 3.25. The molecular formula is C24H36N+. The van der Waals surface area contributed by atoms with Gasteiger partial charge in [0, 0.05) is 17.2 Å². The minimum Gasteiger partial charge on any atom is -0.201 e. The SMILES string of the molecule is CCCCCCCCCCCCc1ccc[n+](Cc2ccccc2)c1. The third kappa shape index (κ3) is 8.86. The van der Waals surface area contributed by atoms with Crippen LogP contribution in [0.3, 0.4) is 0 Å². The van der Waals surface area contributed by atoms with E-state index < -0.39 is 0 Å². The highest BCUT2D eigenvalue weighted by Gasteiger charge is 2.04. The van der Waals surface area contributed by atoms with E-state index in [4.69, 9.17) is 0 Å². The Bertz CT molecular complexity index is 561. The Morgan fingerprint density at radius 1 is 0.640 bits per heavy atom. The van der Waals surface area contributed by atoms with Gasteiger partial charge in [0.05, 0.1) is 0 Å². The van der Waals surface area contributed by atoms with E-state index in [1.165, 1.54) is 81.8 Å². The summed E-state index contributed by atoms with van der Waals surface area (Å²) in [4.78, 5) is 0. The molecule has 25 heavy (non-hydrogen) atoms. The third-order valence-electron chi connectivity index (χ3n) is 4.95. The van der Waals surface area contributed by atoms with E-state index in [0.717, 1.165) is 6.54 Å². The van der Waals surface area contributed by atoms with Gasteiger partial charge in [0.25, 0.3) is 0 Å². The molecule has 0 N–H and O–H groups in total. The minimum atomic E-state index is 0.965. The van der Waals surface area contributed by atoms with Crippen molar-refractivity contribution < 1.29 is 4.57 Å². The number of pyridine rings is 1. The number of hydrogen-bond acceptors (Lipinski definition) is 0. The first-order valence-corrected chi connectivity index (χ1v) is 10.4. The molecule has 0 saturated heterocycles. The molecule has 1 heterocycles. The summed E-state index contributed by atoms with van der Waals surface area (Å²) in [7, 11) is 0. The Morgan fingerprint density at radius 2 is 1.24 bits per heavy atom. The van der Waals surface area contributed by atoms with E-state index in [1.54, 1.807) is 0 Å². The topological polar surface area (TPSA) is 3.88 Å². The van der Waals surface area contributed by atoms with Gasteiger partial charge >= 0.3 is 0 Å². The highest BCUT2D eigenvalue weighted by Crippen LogP contribution is 2.12. The lowest BCUT2D eigenvalue weighted by atomic mass is 10.0. The molecule has 0 saturated carbocycles. The number of aryl methyl sites for hydroxylation is 1. The quantitative estimate of drug-likeness (QED) is 0.290. The third-order valence-corrected chi connectivity index (χ3v) is 4.95. The molecule has 0 bridgehead atoms. The Kier molecular flexibility index (Phi) is 10.00. The zero-order valence-electron chi connectivity index (χ0n) is 16.1. The normalized spacial score (nSPS) is 10.9. The molecule has 1 heteroatoms. The second-order valence-corrected chi connectivity index (χ2v) is 7.30. The van der Waals surface area contributed by atoms with Crippen molar-refractivity contribution in [2.45, 2.75) is 84.1 Å². The van der Waals surface area contributed by atoms with Gasteiger partial charge in [-0.15, -0.1) is 0 Å². The highest BCUT2D eigenvalue weighted by atomic mass is 14.9. The van der Waals surface area contributed by atoms with Gasteiger partial charge in [-0.05, 0) is 18.9 Å². The monoisotopic (exact) mass is 338 g/mol. The summed E-state index contributed by atoms with van der Waals surface area (Å²) in [5.41, 5.74) is 2.83. The van der Waals surface area contributed by atoms with Gasteiger partial charge < -0.3 is 0 Å². The minimum absolute atomic E-state index is 0.965. The average Bonchev–Trinajstić information content (AvgIpc) is 2.64. The van der Waals surface area contributed by atoms with Crippen LogP contribution in [0.15, 0.2) is 54.9 Å². The summed E-state index contributed by atoms with van der Waals surface area (Å²) in [5, 5.41) is 0. The smallest absolute Gasteiger partial charge is 0.173 e. The first kappa shape index (κ1) is 19.7. The van der Waals surface area contributed by atoms with Crippen LogP contribution in [0.2, 0.25) is 0 Å². The molecule has 0 aliphatic carbocycles. The van der Waals surface area contributed by atoms with E-state index in [9.17, 15) is 0 Å². The van der Waals surface area contributed by atoms with E-state index >= 15 is 0 Å². The number of unbranched alkanes of at least 4 members (excludes halogenated alkanes) is 9. The van der Waals surface area contributed by atoms with E-state index in [1.807, 2.05) is 0 Å². The van der Waals surface area contributed by atoms with Crippen molar-refractivity contribution in [2.24, 2.45) is 0 Å². The van der Waals surface area contributed by atoms with Crippen LogP contribution in [0.25, 0.3) is 0 Å². The number of nitrogens with zero attached hydrogens (tertiary/aromatic N) is 1. The lowest BCUT2D eigenvalue weighted by molar-refractivity contribution is -0.688. The highest BCUT2D eigenvalue weighted by molar-refractivity contribution is 5.13. The predicted molar refractivity (Wildman–Crippen MR) is 108 cm³/mol. The molecule has 1 aromatic carbocycles. The van der Waals surface area contributed by atoms with Crippen LogP contribution in [0, 0.1) is 0 Å². The van der Waals surface area contributed by atoms with Crippen molar-refractivity contribution in [3.8, 4) is 0 Å². The first-order valence-electron chi connectivity index (χ1n) is 10.4. The van der Waals surface area contributed by atoms with Crippen molar-refractivity contribution in [3.63, 3.8) is 0 Å². The summed E-state index contributed by atoms with van der Waals surface area (Å²) < 4.78 is 2.31. The van der Waals surface area contributed by atoms with Crippen molar-refractivity contribution in [1.82, 2.24) is 0 Å². The number of benzene rings is 1. The van der Waals surface area contributed by atoms with Crippen LogP contribution in [0.5, 0.6) is 0 Å². The van der Waals surface area contributed by atoms with E-state index in [2.05, 4.69) is 66.3 Å². The molecule has 0 fully saturated rings. The van der Waals surface area contributed by atoms with E-state index in [0.29, 0.717) is 0 Å². The number of hydrogen-bond donors (Lipinski definition) is 0. The fourth-order valence-corrected chi connectivity index (χ4v) is 3.43. The number of rotatable bonds is 13. The molecule has 0 spiro atoms. The summed E-state index contributed by atoms with van der Waals surface area (Å²) >= 11 is 0. The van der Waals surface area contributed by atoms with Crippen LogP contribution in [0.1, 0.15) is 82.3 Å². The van der Waals surface area contributed by atoms with E-state index in [-0.39, 0.29) is 0 Å². The largest absolute Gasteiger partial charge is 0.201 e. The van der Waals surface area contributed by atoms with Crippen LogP contribution in [-0.2, 0) is 13.0 Å². The Hall–Kier alpha value is -1.63. The molecule has 0 atom stereocenters. The van der Waals surface area contributed by atoms with Crippen molar-refractivity contribution in [1.29, 1.82) is 0 Å². The Balaban J connectivity index is 1.58. The zero-order valence-corrected chi connectivity index (χ0v) is 16.1. The molecule has 0 aliphatic heterocycles. The molecule has 2 rings (SSSR count). The average molecular weight is 339 g/mol. The fraction of sp³-hybridized carbons (Fsp3) is 0.542. The van der Waals surface area contributed by atoms with Crippen LogP contribution >= 0.6 is 0 Å². The molecule has 0 aliphatic rings. The van der Waals surface area contributed by atoms with Gasteiger partial charge in [0.15, 0.2) is 18.9 Å². The molecule has 1 aromatic heterocycles. The van der Waals surface area contributed by atoms with Crippen molar-refractivity contribution in [3.05, 3.63) is 66.0 Å². The summed E-state index contributed by atoms with van der Waals surface area (Å²) in [6, 6.07) is 15.2. The van der Waals surface area contributed by atoms with Gasteiger partial charge in [0.2, 0.25) is 0 Å². The molecule has 0 unspecified atom stereocenters. The van der Waals surface area contributed by atoms with Crippen molar-refractivity contribution in [2.75, 3.05) is 0 Å². The Morgan fingerprint density at radius 3 is 1.92 bits per heavy atom. The lowest BCUT2D eigenvalue weighted by Gasteiger charge is -2.03. The second kappa shape index (κ2) is 12.7. The van der Waals surface area contributed by atoms with Crippen LogP contribution in [0.4, 0.5) is 0 Å².